The van der Waals surface area contributed by atoms with E-state index in [1.54, 1.807) is 6.20 Å². The Kier molecular flexibility index (Phi) is 11.0. The monoisotopic (exact) mass is 588 g/mol. The van der Waals surface area contributed by atoms with E-state index < -0.39 is 0 Å². The maximum atomic E-state index is 14.2. The van der Waals surface area contributed by atoms with Crippen LogP contribution in [-0.2, 0) is 10.2 Å². The molecular formula is C35H52N6O2. The van der Waals surface area contributed by atoms with Crippen LogP contribution in [0.1, 0.15) is 95.6 Å². The summed E-state index contributed by atoms with van der Waals surface area (Å²) < 4.78 is 0. The molecule has 43 heavy (non-hydrogen) atoms. The van der Waals surface area contributed by atoms with Crippen LogP contribution in [-0.4, -0.2) is 61.0 Å². The average Bonchev–Trinajstić information content (AvgIpc) is 3.06. The smallest absolute Gasteiger partial charge is 0.231 e. The van der Waals surface area contributed by atoms with Crippen LogP contribution in [0.15, 0.2) is 47.9 Å². The number of nitrogens with zero attached hydrogens (tertiary/aromatic N) is 5. The molecule has 0 unspecified atom stereocenters. The number of aliphatic hydroxyl groups is 1. The van der Waals surface area contributed by atoms with E-state index in [9.17, 15) is 4.79 Å². The minimum atomic E-state index is 0.0881. The summed E-state index contributed by atoms with van der Waals surface area (Å²) in [7, 11) is 5.07. The van der Waals surface area contributed by atoms with Crippen molar-refractivity contribution in [2.75, 3.05) is 37.5 Å². The lowest BCUT2D eigenvalue weighted by Gasteiger charge is -2.55. The van der Waals surface area contributed by atoms with Crippen molar-refractivity contribution in [3.8, 4) is 0 Å². The third-order valence-corrected chi connectivity index (χ3v) is 9.98. The van der Waals surface area contributed by atoms with Gasteiger partial charge in [0.15, 0.2) is 0 Å². The SMILES string of the molecule is CC(C)N=C/C(=C\N)c1ccnc(N(CC23CCC(c4ccc(N(C)C)nc4)(CC2)CC3)C(=O)C2CCCCC2)c1.CO. The van der Waals surface area contributed by atoms with Gasteiger partial charge in [-0.25, -0.2) is 9.97 Å². The number of anilines is 2. The molecule has 1 amide bonds. The maximum Gasteiger partial charge on any atom is 0.231 e. The Morgan fingerprint density at radius 3 is 2.26 bits per heavy atom. The first-order valence-electron chi connectivity index (χ1n) is 16.1. The van der Waals surface area contributed by atoms with Gasteiger partial charge in [0, 0.05) is 70.1 Å². The molecule has 2 aromatic heterocycles. The Morgan fingerprint density at radius 2 is 1.70 bits per heavy atom. The van der Waals surface area contributed by atoms with Crippen LogP contribution >= 0.6 is 0 Å². The predicted molar refractivity (Wildman–Crippen MR) is 177 cm³/mol. The van der Waals surface area contributed by atoms with Crippen LogP contribution < -0.4 is 15.5 Å². The summed E-state index contributed by atoms with van der Waals surface area (Å²) in [5.74, 6) is 2.09. The van der Waals surface area contributed by atoms with Gasteiger partial charge in [-0.3, -0.25) is 14.7 Å². The fourth-order valence-electron chi connectivity index (χ4n) is 7.26. The van der Waals surface area contributed by atoms with Crippen LogP contribution in [0.5, 0.6) is 0 Å². The third-order valence-electron chi connectivity index (χ3n) is 9.98. The van der Waals surface area contributed by atoms with E-state index in [-0.39, 0.29) is 28.7 Å². The number of aromatic nitrogens is 2. The summed E-state index contributed by atoms with van der Waals surface area (Å²) >= 11 is 0. The molecular weight excluding hydrogens is 536 g/mol. The van der Waals surface area contributed by atoms with E-state index in [2.05, 4.69) is 33.1 Å². The topological polar surface area (TPSA) is 108 Å². The fourth-order valence-corrected chi connectivity index (χ4v) is 7.26. The predicted octanol–water partition coefficient (Wildman–Crippen LogP) is 6.14. The zero-order valence-corrected chi connectivity index (χ0v) is 26.9. The molecule has 8 heteroatoms. The number of amides is 1. The molecule has 0 aliphatic heterocycles. The number of aliphatic hydroxyl groups excluding tert-OH is 1. The lowest BCUT2D eigenvalue weighted by atomic mass is 9.52. The van der Waals surface area contributed by atoms with Gasteiger partial charge in [-0.2, -0.15) is 0 Å². The van der Waals surface area contributed by atoms with E-state index in [0.717, 1.165) is 101 Å². The molecule has 4 saturated carbocycles. The molecule has 8 nitrogen and oxygen atoms in total. The molecule has 6 rings (SSSR count). The summed E-state index contributed by atoms with van der Waals surface area (Å²) in [6, 6.07) is 8.62. The van der Waals surface area contributed by atoms with Crippen molar-refractivity contribution in [1.82, 2.24) is 9.97 Å². The van der Waals surface area contributed by atoms with Crippen LogP contribution in [0.25, 0.3) is 5.57 Å². The second kappa shape index (κ2) is 14.5. The van der Waals surface area contributed by atoms with Gasteiger partial charge in [-0.05, 0) is 105 Å². The second-order valence-electron chi connectivity index (χ2n) is 13.2. The maximum absolute atomic E-state index is 14.2. The standard InChI is InChI=1S/C34H48N6O.CH4O/c1-25(2)37-22-28(21-35)27-12-19-36-31(20-27)40(32(41)26-8-6-5-7-9-26)24-33-13-16-34(17-14-33,18-15-33)29-10-11-30(38-23-29)39(3)4;1-2/h10-12,19-23,25-26H,5-9,13-18,24,35H2,1-4H3;2H,1H3/b28-21+,37-22?;. The molecule has 4 aliphatic carbocycles. The summed E-state index contributed by atoms with van der Waals surface area (Å²) in [6.45, 7) is 4.84. The number of fused-ring (bicyclic) bond motifs is 3. The second-order valence-corrected chi connectivity index (χ2v) is 13.2. The molecule has 0 aromatic carbocycles. The van der Waals surface area contributed by atoms with Crippen LogP contribution in [0.3, 0.4) is 0 Å². The van der Waals surface area contributed by atoms with E-state index in [1.807, 2.05) is 52.5 Å². The molecule has 2 bridgehead atoms. The molecule has 4 aliphatic rings. The number of carbonyl (C=O) groups is 1. The van der Waals surface area contributed by atoms with Crippen molar-refractivity contribution in [2.24, 2.45) is 22.1 Å². The quantitative estimate of drug-likeness (QED) is 0.341. The molecule has 0 radical (unpaired) electrons. The minimum Gasteiger partial charge on any atom is -0.404 e. The van der Waals surface area contributed by atoms with Crippen LogP contribution in [0, 0.1) is 11.3 Å². The molecule has 0 spiro atoms. The molecule has 0 saturated heterocycles. The van der Waals surface area contributed by atoms with Crippen LogP contribution in [0.2, 0.25) is 0 Å². The normalized spacial score (nSPS) is 24.1. The Morgan fingerprint density at radius 1 is 1.02 bits per heavy atom. The molecule has 2 aromatic rings. The Bertz CT molecular complexity index is 1240. The first-order valence-corrected chi connectivity index (χ1v) is 16.1. The van der Waals surface area contributed by atoms with Gasteiger partial charge in [0.05, 0.1) is 0 Å². The van der Waals surface area contributed by atoms with Crippen molar-refractivity contribution in [2.45, 2.75) is 95.9 Å². The zero-order valence-electron chi connectivity index (χ0n) is 26.9. The van der Waals surface area contributed by atoms with Gasteiger partial charge in [0.2, 0.25) is 5.91 Å². The van der Waals surface area contributed by atoms with E-state index in [1.165, 1.54) is 12.0 Å². The number of nitrogens with two attached hydrogens (primary N) is 1. The number of carbonyl (C=O) groups excluding carboxylic acids is 1. The average molecular weight is 589 g/mol. The van der Waals surface area contributed by atoms with Gasteiger partial charge in [-0.15, -0.1) is 0 Å². The van der Waals surface area contributed by atoms with E-state index in [0.29, 0.717) is 0 Å². The van der Waals surface area contributed by atoms with Crippen LogP contribution in [0.4, 0.5) is 11.6 Å². The molecule has 2 heterocycles. The van der Waals surface area contributed by atoms with Crippen molar-refractivity contribution >= 4 is 29.3 Å². The molecule has 0 atom stereocenters. The lowest BCUT2D eigenvalue weighted by molar-refractivity contribution is -0.124. The van der Waals surface area contributed by atoms with E-state index in [4.69, 9.17) is 20.8 Å². The molecule has 234 valence electrons. The number of aliphatic imine (C=N–C) groups is 1. The van der Waals surface area contributed by atoms with Crippen molar-refractivity contribution in [3.63, 3.8) is 0 Å². The number of allylic oxidation sites excluding steroid dienone is 1. The minimum absolute atomic E-state index is 0.0881. The first kappa shape index (κ1) is 32.6. The Balaban J connectivity index is 0.00000207. The van der Waals surface area contributed by atoms with Crippen molar-refractivity contribution in [1.29, 1.82) is 0 Å². The Hall–Kier alpha value is -3.26. The third kappa shape index (κ3) is 7.46. The summed E-state index contributed by atoms with van der Waals surface area (Å²) in [5, 5.41) is 7.00. The number of hydrogen-bond acceptors (Lipinski definition) is 7. The van der Waals surface area contributed by atoms with E-state index >= 15 is 0 Å². The van der Waals surface area contributed by atoms with Gasteiger partial charge >= 0.3 is 0 Å². The van der Waals surface area contributed by atoms with Gasteiger partial charge in [-0.1, -0.05) is 25.3 Å². The molecule has 3 N–H and O–H groups in total. The highest BCUT2D eigenvalue weighted by atomic mass is 16.2. The fraction of sp³-hybridized carbons (Fsp3) is 0.600. The lowest BCUT2D eigenvalue weighted by Crippen LogP contribution is -2.51. The highest BCUT2D eigenvalue weighted by molar-refractivity contribution is 6.10. The summed E-state index contributed by atoms with van der Waals surface area (Å²) in [5.41, 5.74) is 9.53. The Labute approximate surface area is 258 Å². The largest absolute Gasteiger partial charge is 0.404 e. The molecule has 4 fully saturated rings. The summed E-state index contributed by atoms with van der Waals surface area (Å²) in [6.07, 6.45) is 19.7. The first-order chi connectivity index (χ1) is 20.7. The number of rotatable bonds is 9. The zero-order chi connectivity index (χ0) is 31.0. The highest BCUT2D eigenvalue weighted by Crippen LogP contribution is 2.58. The highest BCUT2D eigenvalue weighted by Gasteiger charge is 2.50. The summed E-state index contributed by atoms with van der Waals surface area (Å²) in [4.78, 5) is 32.4. The van der Waals surface area contributed by atoms with Gasteiger partial charge in [0.25, 0.3) is 0 Å². The van der Waals surface area contributed by atoms with Gasteiger partial charge < -0.3 is 15.7 Å². The van der Waals surface area contributed by atoms with Crippen molar-refractivity contribution < 1.29 is 9.90 Å². The number of pyridine rings is 2. The number of hydrogen-bond donors (Lipinski definition) is 2. The van der Waals surface area contributed by atoms with Crippen molar-refractivity contribution in [3.05, 3.63) is 54.0 Å². The van der Waals surface area contributed by atoms with Gasteiger partial charge in [0.1, 0.15) is 11.6 Å².